The molecule has 0 amide bonds. The van der Waals surface area contributed by atoms with E-state index in [-0.39, 0.29) is 0 Å². The zero-order valence-electron chi connectivity index (χ0n) is 19.9. The molecule has 28 heavy (non-hydrogen) atoms. The standard InChI is InChI=1S/C26H40.C2H6/c1-6-8-19(3)22-12-13-23-21-11-10-20-17-18(2)9-7-15-25(20,4)24(21)14-16-26(22,23)5;1-2/h8,10,12,18,21,23-24H,6-7,9,11,13-17H2,1-5H3;1-2H3/b19-8+;/t18-,21?,23?,24?,25?,26?;/m0./s1. The van der Waals surface area contributed by atoms with Gasteiger partial charge in [0.2, 0.25) is 0 Å². The maximum atomic E-state index is 2.72. The second-order valence-electron chi connectivity index (χ2n) is 10.6. The third kappa shape index (κ3) is 3.48. The Morgan fingerprint density at radius 1 is 1.04 bits per heavy atom. The van der Waals surface area contributed by atoms with Gasteiger partial charge in [0, 0.05) is 0 Å². The van der Waals surface area contributed by atoms with Crippen LogP contribution in [-0.2, 0) is 0 Å². The van der Waals surface area contributed by atoms with E-state index in [0.717, 1.165) is 23.7 Å². The zero-order valence-corrected chi connectivity index (χ0v) is 19.9. The lowest BCUT2D eigenvalue weighted by molar-refractivity contribution is -0.00981. The first-order chi connectivity index (χ1) is 13.4. The first-order valence-electron chi connectivity index (χ1n) is 12.5. The van der Waals surface area contributed by atoms with Crippen molar-refractivity contribution < 1.29 is 0 Å². The van der Waals surface area contributed by atoms with Crippen molar-refractivity contribution in [2.45, 2.75) is 106 Å². The maximum absolute atomic E-state index is 2.72. The van der Waals surface area contributed by atoms with Crippen LogP contribution in [-0.4, -0.2) is 0 Å². The highest BCUT2D eigenvalue weighted by atomic mass is 14.6. The minimum absolute atomic E-state index is 0.441. The van der Waals surface area contributed by atoms with Gasteiger partial charge in [-0.25, -0.2) is 0 Å². The molecule has 4 aliphatic carbocycles. The summed E-state index contributed by atoms with van der Waals surface area (Å²) >= 11 is 0. The molecular formula is C28H46. The van der Waals surface area contributed by atoms with Crippen molar-refractivity contribution in [2.24, 2.45) is 34.5 Å². The third-order valence-electron chi connectivity index (χ3n) is 9.10. The Hall–Kier alpha value is -0.780. The summed E-state index contributed by atoms with van der Waals surface area (Å²) in [6.07, 6.45) is 20.3. The molecule has 0 radical (unpaired) electrons. The van der Waals surface area contributed by atoms with Gasteiger partial charge in [0.15, 0.2) is 0 Å². The first kappa shape index (κ1) is 21.9. The Labute approximate surface area is 176 Å². The normalized spacial score (nSPS) is 42.8. The van der Waals surface area contributed by atoms with Gasteiger partial charge in [-0.3, -0.25) is 0 Å². The van der Waals surface area contributed by atoms with Crippen molar-refractivity contribution in [3.05, 3.63) is 34.9 Å². The highest BCUT2D eigenvalue weighted by molar-refractivity contribution is 5.40. The van der Waals surface area contributed by atoms with Crippen LogP contribution in [0.3, 0.4) is 0 Å². The molecule has 0 aromatic rings. The molecule has 0 bridgehead atoms. The summed E-state index contributed by atoms with van der Waals surface area (Å²) in [6.45, 7) is 16.4. The molecule has 0 nitrogen and oxygen atoms in total. The van der Waals surface area contributed by atoms with Crippen LogP contribution in [0.5, 0.6) is 0 Å². The van der Waals surface area contributed by atoms with Crippen LogP contribution in [0, 0.1) is 34.5 Å². The fourth-order valence-electron chi connectivity index (χ4n) is 7.71. The Kier molecular flexibility index (Phi) is 6.68. The Balaban J connectivity index is 0.00000109. The molecule has 0 saturated heterocycles. The molecular weight excluding hydrogens is 336 g/mol. The quantitative estimate of drug-likeness (QED) is 0.418. The minimum atomic E-state index is 0.441. The van der Waals surface area contributed by atoms with Gasteiger partial charge in [-0.1, -0.05) is 83.8 Å². The lowest BCUT2D eigenvalue weighted by atomic mass is 9.48. The highest BCUT2D eigenvalue weighted by Crippen LogP contribution is 2.65. The van der Waals surface area contributed by atoms with Crippen LogP contribution in [0.2, 0.25) is 0 Å². The van der Waals surface area contributed by atoms with E-state index in [2.05, 4.69) is 52.8 Å². The maximum Gasteiger partial charge on any atom is -0.00418 e. The van der Waals surface area contributed by atoms with Gasteiger partial charge in [-0.05, 0) is 91.9 Å². The molecule has 0 heterocycles. The van der Waals surface area contributed by atoms with E-state index in [0.29, 0.717) is 10.8 Å². The van der Waals surface area contributed by atoms with Crippen LogP contribution in [0.4, 0.5) is 0 Å². The molecule has 5 unspecified atom stereocenters. The van der Waals surface area contributed by atoms with E-state index >= 15 is 0 Å². The van der Waals surface area contributed by atoms with Crippen LogP contribution < -0.4 is 0 Å². The van der Waals surface area contributed by atoms with E-state index in [1.807, 2.05) is 19.4 Å². The van der Waals surface area contributed by atoms with Gasteiger partial charge >= 0.3 is 0 Å². The molecule has 0 heteroatoms. The Morgan fingerprint density at radius 2 is 1.79 bits per heavy atom. The molecule has 4 rings (SSSR count). The van der Waals surface area contributed by atoms with Crippen LogP contribution >= 0.6 is 0 Å². The Bertz CT molecular complexity index is 647. The molecule has 2 fully saturated rings. The number of hydrogen-bond donors (Lipinski definition) is 0. The number of rotatable bonds is 2. The van der Waals surface area contributed by atoms with Crippen molar-refractivity contribution in [1.29, 1.82) is 0 Å². The van der Waals surface area contributed by atoms with E-state index in [9.17, 15) is 0 Å². The van der Waals surface area contributed by atoms with Crippen molar-refractivity contribution in [1.82, 2.24) is 0 Å². The predicted molar refractivity (Wildman–Crippen MR) is 124 cm³/mol. The molecule has 0 spiro atoms. The lowest BCUT2D eigenvalue weighted by Gasteiger charge is -2.56. The Morgan fingerprint density at radius 3 is 2.50 bits per heavy atom. The third-order valence-corrected chi connectivity index (χ3v) is 9.10. The summed E-state index contributed by atoms with van der Waals surface area (Å²) in [5.41, 5.74) is 6.07. The van der Waals surface area contributed by atoms with E-state index in [1.165, 1.54) is 57.8 Å². The molecule has 0 aliphatic heterocycles. The number of hydrogen-bond acceptors (Lipinski definition) is 0. The first-order valence-corrected chi connectivity index (χ1v) is 12.5. The molecule has 0 aromatic heterocycles. The molecule has 2 saturated carbocycles. The molecule has 158 valence electrons. The average molecular weight is 383 g/mol. The van der Waals surface area contributed by atoms with E-state index in [4.69, 9.17) is 0 Å². The fraction of sp³-hybridized carbons (Fsp3) is 0.786. The van der Waals surface area contributed by atoms with Gasteiger partial charge in [0.25, 0.3) is 0 Å². The summed E-state index contributed by atoms with van der Waals surface area (Å²) in [5.74, 6) is 3.63. The molecule has 4 aliphatic rings. The average Bonchev–Trinajstić information content (AvgIpc) is 2.95. The minimum Gasteiger partial charge on any atom is -0.0845 e. The predicted octanol–water partition coefficient (Wildman–Crippen LogP) is 8.89. The largest absolute Gasteiger partial charge is 0.0845 e. The van der Waals surface area contributed by atoms with Gasteiger partial charge in [-0.15, -0.1) is 0 Å². The summed E-state index contributed by atoms with van der Waals surface area (Å²) in [7, 11) is 0. The summed E-state index contributed by atoms with van der Waals surface area (Å²) in [4.78, 5) is 0. The molecule has 0 N–H and O–H groups in total. The zero-order chi connectivity index (χ0) is 20.5. The van der Waals surface area contributed by atoms with Crippen LogP contribution in [0.1, 0.15) is 106 Å². The summed E-state index contributed by atoms with van der Waals surface area (Å²) in [6, 6.07) is 0. The van der Waals surface area contributed by atoms with Crippen molar-refractivity contribution in [3.63, 3.8) is 0 Å². The highest BCUT2D eigenvalue weighted by Gasteiger charge is 2.56. The van der Waals surface area contributed by atoms with E-state index < -0.39 is 0 Å². The summed E-state index contributed by atoms with van der Waals surface area (Å²) < 4.78 is 0. The van der Waals surface area contributed by atoms with Gasteiger partial charge in [0.1, 0.15) is 0 Å². The number of fused-ring (bicyclic) bond motifs is 5. The lowest BCUT2D eigenvalue weighted by Crippen LogP contribution is -2.48. The number of allylic oxidation sites excluding steroid dienone is 6. The van der Waals surface area contributed by atoms with Gasteiger partial charge in [-0.2, -0.15) is 0 Å². The SMILES string of the molecule is CC.CC/C=C(\C)C1=CCC2C3CC=C4C[C@@H](C)CCCC4(C)C3CCC12C. The smallest absolute Gasteiger partial charge is 0.00418 e. The van der Waals surface area contributed by atoms with Crippen LogP contribution in [0.25, 0.3) is 0 Å². The second kappa shape index (κ2) is 8.53. The molecule has 0 aromatic carbocycles. The van der Waals surface area contributed by atoms with E-state index in [1.54, 1.807) is 11.1 Å². The van der Waals surface area contributed by atoms with Crippen LogP contribution in [0.15, 0.2) is 34.9 Å². The van der Waals surface area contributed by atoms with Crippen molar-refractivity contribution >= 4 is 0 Å². The van der Waals surface area contributed by atoms with Gasteiger partial charge < -0.3 is 0 Å². The van der Waals surface area contributed by atoms with Crippen molar-refractivity contribution in [3.8, 4) is 0 Å². The van der Waals surface area contributed by atoms with Crippen molar-refractivity contribution in [2.75, 3.05) is 0 Å². The topological polar surface area (TPSA) is 0 Å². The van der Waals surface area contributed by atoms with Gasteiger partial charge in [0.05, 0.1) is 0 Å². The fourth-order valence-corrected chi connectivity index (χ4v) is 7.71. The molecule has 6 atom stereocenters. The second-order valence-corrected chi connectivity index (χ2v) is 10.6. The summed E-state index contributed by atoms with van der Waals surface area (Å²) in [5, 5.41) is 0. The monoisotopic (exact) mass is 382 g/mol.